The van der Waals surface area contributed by atoms with Crippen LogP contribution in [-0.2, 0) is 13.1 Å². The normalized spacial score (nSPS) is 10.6. The predicted molar refractivity (Wildman–Crippen MR) is 86.5 cm³/mol. The van der Waals surface area contributed by atoms with E-state index in [0.717, 1.165) is 26.5 Å². The van der Waals surface area contributed by atoms with Crippen molar-refractivity contribution in [2.45, 2.75) is 13.1 Å². The Hall–Kier alpha value is -0.160. The number of hydrogen-bond donors (Lipinski definition) is 1. The van der Waals surface area contributed by atoms with Crippen LogP contribution in [0.25, 0.3) is 0 Å². The summed E-state index contributed by atoms with van der Waals surface area (Å²) in [6.07, 6.45) is 0. The molecular formula is C14H12Br3N. The number of hydrogen-bond acceptors (Lipinski definition) is 1. The van der Waals surface area contributed by atoms with Crippen molar-refractivity contribution in [3.05, 3.63) is 67.0 Å². The van der Waals surface area contributed by atoms with Gasteiger partial charge in [-0.15, -0.1) is 0 Å². The van der Waals surface area contributed by atoms with Crippen LogP contribution in [-0.4, -0.2) is 0 Å². The highest BCUT2D eigenvalue weighted by Crippen LogP contribution is 2.23. The maximum Gasteiger partial charge on any atom is 0.0320 e. The zero-order valence-corrected chi connectivity index (χ0v) is 14.3. The summed E-state index contributed by atoms with van der Waals surface area (Å²) >= 11 is 10.5. The molecule has 2 aromatic carbocycles. The first-order valence-electron chi connectivity index (χ1n) is 5.55. The zero-order chi connectivity index (χ0) is 13.0. The van der Waals surface area contributed by atoms with Gasteiger partial charge >= 0.3 is 0 Å². The predicted octanol–water partition coefficient (Wildman–Crippen LogP) is 5.26. The standard InChI is InChI=1S/C14H12Br3N/c15-12-4-2-1-3-11(12)9-18-8-10-5-6-13(16)14(17)7-10/h1-7,18H,8-9H2. The molecule has 1 nitrogen and oxygen atoms in total. The van der Waals surface area contributed by atoms with Crippen LogP contribution in [0.5, 0.6) is 0 Å². The first kappa shape index (κ1) is 14.3. The van der Waals surface area contributed by atoms with E-state index in [1.807, 2.05) is 6.07 Å². The lowest BCUT2D eigenvalue weighted by molar-refractivity contribution is 0.691. The fourth-order valence-corrected chi connectivity index (χ4v) is 2.73. The van der Waals surface area contributed by atoms with Crippen molar-refractivity contribution < 1.29 is 0 Å². The number of benzene rings is 2. The molecule has 0 saturated carbocycles. The Morgan fingerprint density at radius 1 is 0.778 bits per heavy atom. The maximum absolute atomic E-state index is 3.55. The van der Waals surface area contributed by atoms with Gasteiger partial charge in [-0.25, -0.2) is 0 Å². The summed E-state index contributed by atoms with van der Waals surface area (Å²) in [5.41, 5.74) is 2.53. The minimum absolute atomic E-state index is 0.854. The summed E-state index contributed by atoms with van der Waals surface area (Å²) in [5, 5.41) is 3.44. The van der Waals surface area contributed by atoms with Crippen molar-refractivity contribution in [1.29, 1.82) is 0 Å². The van der Waals surface area contributed by atoms with Crippen LogP contribution in [0.1, 0.15) is 11.1 Å². The van der Waals surface area contributed by atoms with Gasteiger partial charge in [-0.05, 0) is 61.2 Å². The van der Waals surface area contributed by atoms with Crippen molar-refractivity contribution in [3.8, 4) is 0 Å². The lowest BCUT2D eigenvalue weighted by Crippen LogP contribution is -2.12. The van der Waals surface area contributed by atoms with Gasteiger partial charge < -0.3 is 5.32 Å². The average Bonchev–Trinajstić information content (AvgIpc) is 2.36. The third kappa shape index (κ3) is 3.92. The Morgan fingerprint density at radius 2 is 1.56 bits per heavy atom. The molecule has 0 spiro atoms. The van der Waals surface area contributed by atoms with Crippen molar-refractivity contribution >= 4 is 47.8 Å². The van der Waals surface area contributed by atoms with Gasteiger partial charge in [0.25, 0.3) is 0 Å². The highest BCUT2D eigenvalue weighted by Gasteiger charge is 2.00. The van der Waals surface area contributed by atoms with E-state index < -0.39 is 0 Å². The third-order valence-electron chi connectivity index (χ3n) is 2.59. The number of nitrogens with one attached hydrogen (secondary N) is 1. The molecular weight excluding hydrogens is 422 g/mol. The van der Waals surface area contributed by atoms with Crippen LogP contribution in [0, 0.1) is 0 Å². The molecule has 0 aliphatic heterocycles. The van der Waals surface area contributed by atoms with Gasteiger partial charge in [0, 0.05) is 26.5 Å². The number of halogens is 3. The molecule has 2 aromatic rings. The molecule has 0 aromatic heterocycles. The van der Waals surface area contributed by atoms with Gasteiger partial charge in [-0.2, -0.15) is 0 Å². The monoisotopic (exact) mass is 431 g/mol. The molecule has 4 heteroatoms. The van der Waals surface area contributed by atoms with E-state index in [0.29, 0.717) is 0 Å². The maximum atomic E-state index is 3.55. The van der Waals surface area contributed by atoms with Crippen LogP contribution >= 0.6 is 47.8 Å². The fraction of sp³-hybridized carbons (Fsp3) is 0.143. The van der Waals surface area contributed by atoms with Gasteiger partial charge in [0.05, 0.1) is 0 Å². The first-order valence-corrected chi connectivity index (χ1v) is 7.93. The SMILES string of the molecule is Brc1ccc(CNCc2ccccc2Br)cc1Br. The Kier molecular flexibility index (Phi) is 5.42. The summed E-state index contributed by atoms with van der Waals surface area (Å²) < 4.78 is 3.31. The molecule has 0 bridgehead atoms. The van der Waals surface area contributed by atoms with Crippen molar-refractivity contribution in [3.63, 3.8) is 0 Å². The minimum Gasteiger partial charge on any atom is -0.309 e. The minimum atomic E-state index is 0.854. The van der Waals surface area contributed by atoms with E-state index in [9.17, 15) is 0 Å². The van der Waals surface area contributed by atoms with E-state index >= 15 is 0 Å². The van der Waals surface area contributed by atoms with Gasteiger partial charge in [0.2, 0.25) is 0 Å². The summed E-state index contributed by atoms with van der Waals surface area (Å²) in [4.78, 5) is 0. The Balaban J connectivity index is 1.92. The summed E-state index contributed by atoms with van der Waals surface area (Å²) in [6, 6.07) is 14.6. The molecule has 0 aliphatic rings. The first-order chi connectivity index (χ1) is 8.66. The average molecular weight is 434 g/mol. The largest absolute Gasteiger partial charge is 0.309 e. The molecule has 2 rings (SSSR count). The lowest BCUT2D eigenvalue weighted by Gasteiger charge is -2.07. The quantitative estimate of drug-likeness (QED) is 0.693. The second kappa shape index (κ2) is 6.85. The van der Waals surface area contributed by atoms with Gasteiger partial charge in [-0.1, -0.05) is 40.2 Å². The Bertz CT molecular complexity index is 540. The Morgan fingerprint density at radius 3 is 2.28 bits per heavy atom. The smallest absolute Gasteiger partial charge is 0.0320 e. The van der Waals surface area contributed by atoms with Crippen molar-refractivity contribution in [1.82, 2.24) is 5.32 Å². The molecule has 0 aliphatic carbocycles. The summed E-state index contributed by atoms with van der Waals surface area (Å²) in [7, 11) is 0. The molecule has 0 radical (unpaired) electrons. The van der Waals surface area contributed by atoms with Gasteiger partial charge in [0.15, 0.2) is 0 Å². The summed E-state index contributed by atoms with van der Waals surface area (Å²) in [6.45, 7) is 1.71. The Labute approximate surface area is 132 Å². The van der Waals surface area contributed by atoms with E-state index in [1.165, 1.54) is 11.1 Å². The molecule has 1 N–H and O–H groups in total. The van der Waals surface area contributed by atoms with Crippen LogP contribution in [0.4, 0.5) is 0 Å². The molecule has 18 heavy (non-hydrogen) atoms. The van der Waals surface area contributed by atoms with E-state index in [4.69, 9.17) is 0 Å². The molecule has 0 atom stereocenters. The van der Waals surface area contributed by atoms with Crippen LogP contribution < -0.4 is 5.32 Å². The molecule has 94 valence electrons. The van der Waals surface area contributed by atoms with Crippen molar-refractivity contribution in [2.75, 3.05) is 0 Å². The lowest BCUT2D eigenvalue weighted by atomic mass is 10.2. The van der Waals surface area contributed by atoms with Crippen molar-refractivity contribution in [2.24, 2.45) is 0 Å². The highest BCUT2D eigenvalue weighted by molar-refractivity contribution is 9.13. The molecule has 0 saturated heterocycles. The van der Waals surface area contributed by atoms with Gasteiger partial charge in [-0.3, -0.25) is 0 Å². The fourth-order valence-electron chi connectivity index (χ4n) is 1.63. The number of rotatable bonds is 4. The highest BCUT2D eigenvalue weighted by atomic mass is 79.9. The second-order valence-corrected chi connectivity index (χ2v) is 6.51. The second-order valence-electron chi connectivity index (χ2n) is 3.94. The van der Waals surface area contributed by atoms with Gasteiger partial charge in [0.1, 0.15) is 0 Å². The topological polar surface area (TPSA) is 12.0 Å². The van der Waals surface area contributed by atoms with E-state index in [-0.39, 0.29) is 0 Å². The van der Waals surface area contributed by atoms with Crippen LogP contribution in [0.2, 0.25) is 0 Å². The molecule has 0 amide bonds. The molecule has 0 unspecified atom stereocenters. The molecule has 0 fully saturated rings. The van der Waals surface area contributed by atoms with E-state index in [1.54, 1.807) is 0 Å². The van der Waals surface area contributed by atoms with Crippen LogP contribution in [0.3, 0.4) is 0 Å². The summed E-state index contributed by atoms with van der Waals surface area (Å²) in [5.74, 6) is 0. The third-order valence-corrected chi connectivity index (χ3v) is 5.24. The zero-order valence-electron chi connectivity index (χ0n) is 9.59. The van der Waals surface area contributed by atoms with E-state index in [2.05, 4.69) is 89.5 Å². The molecule has 0 heterocycles. The van der Waals surface area contributed by atoms with Crippen LogP contribution in [0.15, 0.2) is 55.9 Å².